The molecule has 19 heavy (non-hydrogen) atoms. The van der Waals surface area contributed by atoms with Gasteiger partial charge in [0.15, 0.2) is 5.65 Å². The first kappa shape index (κ1) is 10.3. The van der Waals surface area contributed by atoms with Crippen LogP contribution in [0.2, 0.25) is 0 Å². The summed E-state index contributed by atoms with van der Waals surface area (Å²) in [6.07, 6.45) is 1.65. The first-order valence-electron chi connectivity index (χ1n) is 5.98. The van der Waals surface area contributed by atoms with Gasteiger partial charge in [0, 0.05) is 13.2 Å². The number of pyridine rings is 1. The zero-order chi connectivity index (χ0) is 13.0. The zero-order valence-corrected chi connectivity index (χ0v) is 10.2. The largest absolute Gasteiger partial charge is 0.313 e. The fourth-order valence-electron chi connectivity index (χ4n) is 2.50. The van der Waals surface area contributed by atoms with Gasteiger partial charge in [0.25, 0.3) is 5.56 Å². The SMILES string of the molecule is Cn1c2ccccc2n2c(=O)c3cccnc3nc12. The van der Waals surface area contributed by atoms with Crippen molar-refractivity contribution in [1.29, 1.82) is 0 Å². The number of nitrogens with zero attached hydrogens (tertiary/aromatic N) is 4. The highest BCUT2D eigenvalue weighted by Crippen LogP contribution is 2.17. The van der Waals surface area contributed by atoms with Gasteiger partial charge in [-0.15, -0.1) is 0 Å². The third-order valence-corrected chi connectivity index (χ3v) is 3.41. The molecule has 0 aliphatic heterocycles. The molecule has 0 saturated carbocycles. The number of rotatable bonds is 0. The van der Waals surface area contributed by atoms with E-state index in [0.717, 1.165) is 11.0 Å². The molecule has 3 aromatic heterocycles. The molecule has 92 valence electrons. The molecule has 3 heterocycles. The van der Waals surface area contributed by atoms with Gasteiger partial charge in [0.1, 0.15) is 0 Å². The minimum Gasteiger partial charge on any atom is -0.313 e. The number of aryl methyl sites for hydroxylation is 1. The number of hydrogen-bond donors (Lipinski definition) is 0. The first-order chi connectivity index (χ1) is 9.27. The summed E-state index contributed by atoms with van der Waals surface area (Å²) in [7, 11) is 1.90. The van der Waals surface area contributed by atoms with Crippen LogP contribution in [0.4, 0.5) is 0 Å². The lowest BCUT2D eigenvalue weighted by Crippen LogP contribution is -2.15. The number of imidazole rings is 1. The number of benzene rings is 1. The van der Waals surface area contributed by atoms with Gasteiger partial charge in [-0.25, -0.2) is 9.38 Å². The van der Waals surface area contributed by atoms with Crippen LogP contribution in [0.15, 0.2) is 47.4 Å². The van der Waals surface area contributed by atoms with Crippen LogP contribution in [-0.4, -0.2) is 18.9 Å². The predicted molar refractivity (Wildman–Crippen MR) is 73.2 cm³/mol. The van der Waals surface area contributed by atoms with Crippen molar-refractivity contribution in [2.24, 2.45) is 7.05 Å². The Kier molecular flexibility index (Phi) is 1.84. The molecule has 0 unspecified atom stereocenters. The molecular weight excluding hydrogens is 240 g/mol. The Labute approximate surface area is 107 Å². The third-order valence-electron chi connectivity index (χ3n) is 3.41. The van der Waals surface area contributed by atoms with E-state index in [0.29, 0.717) is 16.8 Å². The van der Waals surface area contributed by atoms with Crippen molar-refractivity contribution in [1.82, 2.24) is 18.9 Å². The van der Waals surface area contributed by atoms with E-state index in [-0.39, 0.29) is 5.56 Å². The van der Waals surface area contributed by atoms with Crippen molar-refractivity contribution in [3.8, 4) is 0 Å². The van der Waals surface area contributed by atoms with Crippen LogP contribution >= 0.6 is 0 Å². The Balaban J connectivity index is 2.42. The lowest BCUT2D eigenvalue weighted by molar-refractivity contribution is 0.946. The van der Waals surface area contributed by atoms with Crippen molar-refractivity contribution in [3.63, 3.8) is 0 Å². The van der Waals surface area contributed by atoms with Gasteiger partial charge in [0.2, 0.25) is 5.78 Å². The fraction of sp³-hybridized carbons (Fsp3) is 0.0714. The van der Waals surface area contributed by atoms with Crippen LogP contribution in [0.1, 0.15) is 0 Å². The zero-order valence-electron chi connectivity index (χ0n) is 10.2. The standard InChI is InChI=1S/C14H10N4O/c1-17-10-6-2-3-7-11(10)18-13(19)9-5-4-8-15-12(9)16-14(17)18/h2-8H,1H3. The summed E-state index contributed by atoms with van der Waals surface area (Å²) in [6.45, 7) is 0. The monoisotopic (exact) mass is 250 g/mol. The van der Waals surface area contributed by atoms with Crippen LogP contribution in [0, 0.1) is 0 Å². The van der Waals surface area contributed by atoms with Gasteiger partial charge in [-0.1, -0.05) is 12.1 Å². The summed E-state index contributed by atoms with van der Waals surface area (Å²) in [5.41, 5.74) is 2.24. The van der Waals surface area contributed by atoms with Crippen LogP contribution in [0.3, 0.4) is 0 Å². The predicted octanol–water partition coefficient (Wildman–Crippen LogP) is 1.73. The molecule has 0 spiro atoms. The van der Waals surface area contributed by atoms with E-state index in [1.165, 1.54) is 0 Å². The molecular formula is C14H10N4O. The van der Waals surface area contributed by atoms with Crippen LogP contribution in [0.25, 0.3) is 27.8 Å². The van der Waals surface area contributed by atoms with Crippen LogP contribution in [0.5, 0.6) is 0 Å². The van der Waals surface area contributed by atoms with Crippen LogP contribution in [-0.2, 0) is 7.05 Å². The summed E-state index contributed by atoms with van der Waals surface area (Å²) in [5.74, 6) is 0.609. The maximum atomic E-state index is 12.6. The van der Waals surface area contributed by atoms with Crippen LogP contribution < -0.4 is 5.56 Å². The first-order valence-corrected chi connectivity index (χ1v) is 5.98. The van der Waals surface area contributed by atoms with Gasteiger partial charge in [-0.05, 0) is 24.3 Å². The normalized spacial score (nSPS) is 11.6. The lowest BCUT2D eigenvalue weighted by atomic mass is 10.3. The Morgan fingerprint density at radius 3 is 2.68 bits per heavy atom. The molecule has 0 aliphatic rings. The minimum absolute atomic E-state index is 0.0788. The van der Waals surface area contributed by atoms with E-state index >= 15 is 0 Å². The van der Waals surface area contributed by atoms with Crippen molar-refractivity contribution in [2.45, 2.75) is 0 Å². The van der Waals surface area contributed by atoms with Gasteiger partial charge >= 0.3 is 0 Å². The van der Waals surface area contributed by atoms with E-state index in [1.54, 1.807) is 22.7 Å². The summed E-state index contributed by atoms with van der Waals surface area (Å²) < 4.78 is 3.55. The molecule has 5 heteroatoms. The minimum atomic E-state index is -0.0788. The molecule has 5 nitrogen and oxygen atoms in total. The average molecular weight is 250 g/mol. The summed E-state index contributed by atoms with van der Waals surface area (Å²) in [4.78, 5) is 21.2. The van der Waals surface area contributed by atoms with E-state index in [2.05, 4.69) is 9.97 Å². The van der Waals surface area contributed by atoms with E-state index in [9.17, 15) is 4.79 Å². The van der Waals surface area contributed by atoms with Gasteiger partial charge in [-0.3, -0.25) is 4.79 Å². The van der Waals surface area contributed by atoms with E-state index in [4.69, 9.17) is 0 Å². The lowest BCUT2D eigenvalue weighted by Gasteiger charge is -1.99. The molecule has 1 aromatic carbocycles. The quantitative estimate of drug-likeness (QED) is 0.477. The second-order valence-electron chi connectivity index (χ2n) is 4.47. The molecule has 0 fully saturated rings. The maximum absolute atomic E-state index is 12.6. The van der Waals surface area contributed by atoms with Crippen molar-refractivity contribution in [2.75, 3.05) is 0 Å². The Bertz CT molecular complexity index is 997. The Morgan fingerprint density at radius 1 is 1.05 bits per heavy atom. The number of aromatic nitrogens is 4. The molecule has 0 radical (unpaired) electrons. The summed E-state index contributed by atoms with van der Waals surface area (Å²) in [6, 6.07) is 11.3. The van der Waals surface area contributed by atoms with Crippen molar-refractivity contribution < 1.29 is 0 Å². The summed E-state index contributed by atoms with van der Waals surface area (Å²) in [5, 5.41) is 0.538. The smallest absolute Gasteiger partial charge is 0.269 e. The molecule has 4 rings (SSSR count). The van der Waals surface area contributed by atoms with E-state index < -0.39 is 0 Å². The number of para-hydroxylation sites is 2. The second-order valence-corrected chi connectivity index (χ2v) is 4.47. The molecule has 4 aromatic rings. The number of hydrogen-bond acceptors (Lipinski definition) is 3. The summed E-state index contributed by atoms with van der Waals surface area (Å²) >= 11 is 0. The Morgan fingerprint density at radius 2 is 1.84 bits per heavy atom. The third kappa shape index (κ3) is 1.21. The molecule has 0 atom stereocenters. The molecule has 0 amide bonds. The van der Waals surface area contributed by atoms with E-state index in [1.807, 2.05) is 35.9 Å². The van der Waals surface area contributed by atoms with Gasteiger partial charge < -0.3 is 4.57 Å². The number of fused-ring (bicyclic) bond motifs is 4. The van der Waals surface area contributed by atoms with Crippen molar-refractivity contribution >= 4 is 27.8 Å². The maximum Gasteiger partial charge on any atom is 0.269 e. The molecule has 0 saturated heterocycles. The van der Waals surface area contributed by atoms with Crippen molar-refractivity contribution in [3.05, 3.63) is 52.9 Å². The fourth-order valence-corrected chi connectivity index (χ4v) is 2.50. The Hall–Kier alpha value is -2.69. The molecule has 0 aliphatic carbocycles. The van der Waals surface area contributed by atoms with Gasteiger partial charge in [-0.2, -0.15) is 4.98 Å². The topological polar surface area (TPSA) is 52.2 Å². The highest BCUT2D eigenvalue weighted by molar-refractivity contribution is 5.84. The highest BCUT2D eigenvalue weighted by atomic mass is 16.1. The average Bonchev–Trinajstić information content (AvgIpc) is 2.74. The second kappa shape index (κ2) is 3.41. The highest BCUT2D eigenvalue weighted by Gasteiger charge is 2.13. The molecule has 0 N–H and O–H groups in total. The molecule has 0 bridgehead atoms. The van der Waals surface area contributed by atoms with Gasteiger partial charge in [0.05, 0.1) is 16.4 Å².